The monoisotopic (exact) mass is 398 g/mol. The van der Waals surface area contributed by atoms with Crippen LogP contribution in [0.3, 0.4) is 0 Å². The maximum Gasteiger partial charge on any atom is 0.255 e. The summed E-state index contributed by atoms with van der Waals surface area (Å²) in [7, 11) is 0. The molecule has 0 aliphatic rings. The van der Waals surface area contributed by atoms with Gasteiger partial charge in [-0.3, -0.25) is 9.59 Å². The fraction of sp³-hybridized carbons (Fsp3) is 0.222. The van der Waals surface area contributed by atoms with Gasteiger partial charge in [-0.15, -0.1) is 0 Å². The van der Waals surface area contributed by atoms with Gasteiger partial charge in [-0.1, -0.05) is 34.8 Å². The van der Waals surface area contributed by atoms with Crippen molar-refractivity contribution in [3.63, 3.8) is 0 Å². The lowest BCUT2D eigenvalue weighted by atomic mass is 10.1. The Balaban J connectivity index is 2.20. The van der Waals surface area contributed by atoms with E-state index >= 15 is 0 Å². The maximum absolute atomic E-state index is 12.4. The van der Waals surface area contributed by atoms with E-state index in [4.69, 9.17) is 34.8 Å². The molecule has 0 aliphatic heterocycles. The molecule has 132 valence electrons. The fourth-order valence-corrected chi connectivity index (χ4v) is 3.12. The smallest absolute Gasteiger partial charge is 0.255 e. The second-order valence-electron chi connectivity index (χ2n) is 5.28. The molecule has 2 amide bonds. The quantitative estimate of drug-likeness (QED) is 0.733. The third-order valence-corrected chi connectivity index (χ3v) is 4.38. The van der Waals surface area contributed by atoms with Crippen molar-refractivity contribution in [2.24, 2.45) is 0 Å². The molecule has 4 nitrogen and oxygen atoms in total. The average molecular weight is 400 g/mol. The Hall–Kier alpha value is -1.75. The van der Waals surface area contributed by atoms with Crippen LogP contribution in [-0.2, 0) is 0 Å². The molecule has 2 aromatic carbocycles. The number of anilines is 1. The molecule has 0 radical (unpaired) electrons. The second-order valence-corrected chi connectivity index (χ2v) is 6.56. The zero-order valence-corrected chi connectivity index (χ0v) is 16.0. The molecule has 2 rings (SSSR count). The summed E-state index contributed by atoms with van der Waals surface area (Å²) < 4.78 is 0. The first-order chi connectivity index (χ1) is 11.8. The van der Waals surface area contributed by atoms with E-state index in [2.05, 4.69) is 5.32 Å². The predicted octanol–water partition coefficient (Wildman–Crippen LogP) is 5.38. The Kier molecular flexibility index (Phi) is 6.71. The van der Waals surface area contributed by atoms with Crippen LogP contribution in [0.5, 0.6) is 0 Å². The highest BCUT2D eigenvalue weighted by Gasteiger charge is 2.17. The number of amides is 2. The van der Waals surface area contributed by atoms with Crippen molar-refractivity contribution in [3.05, 3.63) is 62.6 Å². The van der Waals surface area contributed by atoms with Crippen LogP contribution in [-0.4, -0.2) is 29.8 Å². The Morgan fingerprint density at radius 3 is 2.08 bits per heavy atom. The number of nitrogens with zero attached hydrogens (tertiary/aromatic N) is 1. The van der Waals surface area contributed by atoms with Crippen LogP contribution in [0.2, 0.25) is 15.1 Å². The standard InChI is InChI=1S/C18H17Cl3N2O2/c1-3-23(4-2)18(25)15-6-5-14(10-16(15)21)22-17(24)11-7-12(19)9-13(20)8-11/h5-10H,3-4H2,1-2H3,(H,22,24). The Morgan fingerprint density at radius 1 is 0.960 bits per heavy atom. The summed E-state index contributed by atoms with van der Waals surface area (Å²) in [6.07, 6.45) is 0. The highest BCUT2D eigenvalue weighted by molar-refractivity contribution is 6.35. The second kappa shape index (κ2) is 8.56. The molecule has 0 saturated carbocycles. The van der Waals surface area contributed by atoms with Crippen molar-refractivity contribution in [2.45, 2.75) is 13.8 Å². The van der Waals surface area contributed by atoms with E-state index in [0.717, 1.165) is 0 Å². The van der Waals surface area contributed by atoms with Crippen LogP contribution < -0.4 is 5.32 Å². The van der Waals surface area contributed by atoms with Gasteiger partial charge in [0, 0.05) is 34.4 Å². The molecule has 0 saturated heterocycles. The van der Waals surface area contributed by atoms with Gasteiger partial charge in [0.15, 0.2) is 0 Å². The minimum Gasteiger partial charge on any atom is -0.339 e. The molecule has 0 fully saturated rings. The first-order valence-corrected chi connectivity index (χ1v) is 8.85. The summed E-state index contributed by atoms with van der Waals surface area (Å²) in [5, 5.41) is 3.73. The van der Waals surface area contributed by atoms with E-state index in [9.17, 15) is 9.59 Å². The topological polar surface area (TPSA) is 49.4 Å². The number of rotatable bonds is 5. The summed E-state index contributed by atoms with van der Waals surface area (Å²) in [5.74, 6) is -0.516. The third kappa shape index (κ3) is 4.88. The summed E-state index contributed by atoms with van der Waals surface area (Å²) in [5.41, 5.74) is 1.20. The van der Waals surface area contributed by atoms with E-state index in [1.807, 2.05) is 13.8 Å². The van der Waals surface area contributed by atoms with Gasteiger partial charge in [0.25, 0.3) is 11.8 Å². The zero-order valence-electron chi connectivity index (χ0n) is 13.8. The number of carbonyl (C=O) groups excluding carboxylic acids is 2. The highest BCUT2D eigenvalue weighted by atomic mass is 35.5. The first-order valence-electron chi connectivity index (χ1n) is 7.72. The van der Waals surface area contributed by atoms with Crippen molar-refractivity contribution >= 4 is 52.3 Å². The van der Waals surface area contributed by atoms with Crippen LogP contribution in [0, 0.1) is 0 Å². The average Bonchev–Trinajstić information content (AvgIpc) is 2.55. The van der Waals surface area contributed by atoms with Crippen LogP contribution in [0.4, 0.5) is 5.69 Å². The number of halogens is 3. The van der Waals surface area contributed by atoms with E-state index in [-0.39, 0.29) is 16.8 Å². The third-order valence-electron chi connectivity index (χ3n) is 3.63. The largest absolute Gasteiger partial charge is 0.339 e. The molecule has 0 bridgehead atoms. The Bertz CT molecular complexity index is 785. The molecule has 0 aromatic heterocycles. The molecule has 7 heteroatoms. The molecule has 0 aliphatic carbocycles. The van der Waals surface area contributed by atoms with Gasteiger partial charge in [-0.25, -0.2) is 0 Å². The van der Waals surface area contributed by atoms with Crippen molar-refractivity contribution in [2.75, 3.05) is 18.4 Å². The summed E-state index contributed by atoms with van der Waals surface area (Å²) >= 11 is 18.0. The van der Waals surface area contributed by atoms with Gasteiger partial charge in [0.05, 0.1) is 10.6 Å². The number of benzene rings is 2. The number of carbonyl (C=O) groups is 2. The fourth-order valence-electron chi connectivity index (χ4n) is 2.34. The van der Waals surface area contributed by atoms with Crippen LogP contribution in [0.1, 0.15) is 34.6 Å². The zero-order chi connectivity index (χ0) is 18.6. The molecule has 0 unspecified atom stereocenters. The minimum atomic E-state index is -0.372. The number of hydrogen-bond donors (Lipinski definition) is 1. The maximum atomic E-state index is 12.4. The van der Waals surface area contributed by atoms with Crippen molar-refractivity contribution in [1.82, 2.24) is 4.90 Å². The van der Waals surface area contributed by atoms with Gasteiger partial charge in [-0.05, 0) is 50.2 Å². The summed E-state index contributed by atoms with van der Waals surface area (Å²) in [6.45, 7) is 5.00. The number of hydrogen-bond acceptors (Lipinski definition) is 2. The molecule has 1 N–H and O–H groups in total. The molecule has 25 heavy (non-hydrogen) atoms. The molecule has 2 aromatic rings. The van der Waals surface area contributed by atoms with Gasteiger partial charge in [0.1, 0.15) is 0 Å². The van der Waals surface area contributed by atoms with E-state index in [1.54, 1.807) is 29.2 Å². The van der Waals surface area contributed by atoms with Crippen LogP contribution in [0.25, 0.3) is 0 Å². The minimum absolute atomic E-state index is 0.144. The highest BCUT2D eigenvalue weighted by Crippen LogP contribution is 2.24. The van der Waals surface area contributed by atoms with E-state index in [1.165, 1.54) is 12.1 Å². The lowest BCUT2D eigenvalue weighted by Crippen LogP contribution is -2.30. The molecular formula is C18H17Cl3N2O2. The molecule has 0 atom stereocenters. The van der Waals surface area contributed by atoms with Crippen molar-refractivity contribution in [3.8, 4) is 0 Å². The van der Waals surface area contributed by atoms with Crippen LogP contribution in [0.15, 0.2) is 36.4 Å². The molecule has 0 spiro atoms. The Labute approximate surface area is 161 Å². The predicted molar refractivity (Wildman–Crippen MR) is 103 cm³/mol. The van der Waals surface area contributed by atoms with Crippen LogP contribution >= 0.6 is 34.8 Å². The summed E-state index contributed by atoms with van der Waals surface area (Å²) in [6, 6.07) is 9.36. The van der Waals surface area contributed by atoms with Gasteiger partial charge < -0.3 is 10.2 Å². The van der Waals surface area contributed by atoms with Gasteiger partial charge >= 0.3 is 0 Å². The van der Waals surface area contributed by atoms with E-state index in [0.29, 0.717) is 39.9 Å². The van der Waals surface area contributed by atoms with Crippen molar-refractivity contribution < 1.29 is 9.59 Å². The first kappa shape index (κ1) is 19.6. The molecule has 0 heterocycles. The normalized spacial score (nSPS) is 10.4. The Morgan fingerprint density at radius 2 is 1.56 bits per heavy atom. The lowest BCUT2D eigenvalue weighted by molar-refractivity contribution is 0.0773. The molecular weight excluding hydrogens is 383 g/mol. The SMILES string of the molecule is CCN(CC)C(=O)c1ccc(NC(=O)c2cc(Cl)cc(Cl)c2)cc1Cl. The van der Waals surface area contributed by atoms with E-state index < -0.39 is 0 Å². The van der Waals surface area contributed by atoms with Gasteiger partial charge in [-0.2, -0.15) is 0 Å². The lowest BCUT2D eigenvalue weighted by Gasteiger charge is -2.19. The van der Waals surface area contributed by atoms with Gasteiger partial charge in [0.2, 0.25) is 0 Å². The number of nitrogens with one attached hydrogen (secondary N) is 1. The summed E-state index contributed by atoms with van der Waals surface area (Å²) in [4.78, 5) is 26.4. The van der Waals surface area contributed by atoms with Crippen molar-refractivity contribution in [1.29, 1.82) is 0 Å².